The van der Waals surface area contributed by atoms with Gasteiger partial charge in [0.2, 0.25) is 0 Å². The van der Waals surface area contributed by atoms with Gasteiger partial charge in [-0.25, -0.2) is 0 Å². The van der Waals surface area contributed by atoms with E-state index in [1.54, 1.807) is 6.08 Å². The lowest BCUT2D eigenvalue weighted by molar-refractivity contribution is -0.167. The van der Waals surface area contributed by atoms with Gasteiger partial charge in [-0.15, -0.1) is 0 Å². The molecule has 0 aliphatic rings. The van der Waals surface area contributed by atoms with Gasteiger partial charge in [-0.3, -0.25) is 14.4 Å². The van der Waals surface area contributed by atoms with Crippen LogP contribution in [0.25, 0.3) is 0 Å². The Kier molecular flexibility index (Phi) is 29.4. The van der Waals surface area contributed by atoms with Crippen molar-refractivity contribution in [2.24, 2.45) is 0 Å². The summed E-state index contributed by atoms with van der Waals surface area (Å²) < 4.78 is 16.3. The van der Waals surface area contributed by atoms with Crippen LogP contribution in [0.2, 0.25) is 0 Å². The standard InChI is InChI=1S/C35H60O7/c1-3-5-7-9-11-14-18-22-26-33(37)40-30-32(42-35(39)28-24-20-15-12-10-8-6-4-2)31-41-34(38)27-23-19-16-13-17-21-25-29-36/h3-6,25,29,32,36H,7-24,26-28,30-31H2,1-2H3. The van der Waals surface area contributed by atoms with Gasteiger partial charge < -0.3 is 19.3 Å². The summed E-state index contributed by atoms with van der Waals surface area (Å²) >= 11 is 0. The highest BCUT2D eigenvalue weighted by molar-refractivity contribution is 5.71. The topological polar surface area (TPSA) is 99.1 Å². The molecule has 7 heteroatoms. The Balaban J connectivity index is 4.40. The number of aliphatic hydroxyl groups is 1. The molecule has 0 aliphatic heterocycles. The predicted molar refractivity (Wildman–Crippen MR) is 170 cm³/mol. The van der Waals surface area contributed by atoms with E-state index in [1.165, 1.54) is 6.42 Å². The van der Waals surface area contributed by atoms with Gasteiger partial charge in [0.15, 0.2) is 6.10 Å². The molecule has 0 rings (SSSR count). The Morgan fingerprint density at radius 2 is 0.881 bits per heavy atom. The molecule has 0 amide bonds. The van der Waals surface area contributed by atoms with Crippen LogP contribution in [-0.2, 0) is 28.6 Å². The molecule has 1 atom stereocenters. The van der Waals surface area contributed by atoms with Crippen LogP contribution in [0.15, 0.2) is 36.6 Å². The maximum absolute atomic E-state index is 12.5. The largest absolute Gasteiger partial charge is 0.516 e. The summed E-state index contributed by atoms with van der Waals surface area (Å²) in [6, 6.07) is 0. The predicted octanol–water partition coefficient (Wildman–Crippen LogP) is 9.40. The number of aliphatic hydroxyl groups excluding tert-OH is 1. The molecule has 0 spiro atoms. The molecule has 1 N–H and O–H groups in total. The van der Waals surface area contributed by atoms with Crippen LogP contribution in [-0.4, -0.2) is 42.3 Å². The molecule has 0 bridgehead atoms. The van der Waals surface area contributed by atoms with Gasteiger partial charge in [-0.05, 0) is 71.6 Å². The van der Waals surface area contributed by atoms with Gasteiger partial charge in [0.1, 0.15) is 13.2 Å². The second kappa shape index (κ2) is 31.4. The van der Waals surface area contributed by atoms with Crippen molar-refractivity contribution in [1.82, 2.24) is 0 Å². The number of rotatable bonds is 29. The SMILES string of the molecule is CC=CCCCCCCCC(=O)OCC(COC(=O)CCCCCCCC=CO)OC(=O)CCCCCCCC=CC. The minimum absolute atomic E-state index is 0.103. The third-order valence-corrected chi connectivity index (χ3v) is 6.99. The van der Waals surface area contributed by atoms with Crippen molar-refractivity contribution in [3.05, 3.63) is 36.6 Å². The van der Waals surface area contributed by atoms with Crippen molar-refractivity contribution in [1.29, 1.82) is 0 Å². The molecule has 42 heavy (non-hydrogen) atoms. The third kappa shape index (κ3) is 28.9. The summed E-state index contributed by atoms with van der Waals surface area (Å²) in [5, 5.41) is 8.65. The molecule has 0 aromatic heterocycles. The average Bonchev–Trinajstić information content (AvgIpc) is 2.98. The van der Waals surface area contributed by atoms with E-state index in [0.717, 1.165) is 115 Å². The van der Waals surface area contributed by atoms with Crippen LogP contribution in [0.4, 0.5) is 0 Å². The molecule has 242 valence electrons. The molecule has 0 heterocycles. The van der Waals surface area contributed by atoms with Crippen LogP contribution >= 0.6 is 0 Å². The van der Waals surface area contributed by atoms with Crippen molar-refractivity contribution in [2.45, 2.75) is 155 Å². The number of hydrogen-bond acceptors (Lipinski definition) is 7. The van der Waals surface area contributed by atoms with E-state index in [0.29, 0.717) is 19.3 Å². The van der Waals surface area contributed by atoms with Crippen LogP contribution in [0.3, 0.4) is 0 Å². The van der Waals surface area contributed by atoms with Crippen molar-refractivity contribution < 1.29 is 33.7 Å². The van der Waals surface area contributed by atoms with Crippen molar-refractivity contribution in [2.75, 3.05) is 13.2 Å². The molecule has 7 nitrogen and oxygen atoms in total. The van der Waals surface area contributed by atoms with Crippen molar-refractivity contribution in [3.63, 3.8) is 0 Å². The molecule has 0 aromatic rings. The highest BCUT2D eigenvalue weighted by Gasteiger charge is 2.19. The zero-order chi connectivity index (χ0) is 30.9. The first kappa shape index (κ1) is 39.4. The third-order valence-electron chi connectivity index (χ3n) is 6.99. The molecule has 1 unspecified atom stereocenters. The van der Waals surface area contributed by atoms with Crippen molar-refractivity contribution in [3.8, 4) is 0 Å². The lowest BCUT2D eigenvalue weighted by Gasteiger charge is -2.18. The zero-order valence-corrected chi connectivity index (χ0v) is 26.7. The first-order chi connectivity index (χ1) is 20.5. The number of esters is 3. The summed E-state index contributed by atoms with van der Waals surface area (Å²) in [7, 11) is 0. The Morgan fingerprint density at radius 3 is 1.29 bits per heavy atom. The van der Waals surface area contributed by atoms with Gasteiger partial charge >= 0.3 is 17.9 Å². The summed E-state index contributed by atoms with van der Waals surface area (Å²) in [6.07, 6.45) is 29.5. The van der Waals surface area contributed by atoms with Gasteiger partial charge in [0, 0.05) is 19.3 Å². The van der Waals surface area contributed by atoms with Gasteiger partial charge in [0.25, 0.3) is 0 Å². The number of allylic oxidation sites excluding steroid dienone is 5. The number of carbonyl (C=O) groups excluding carboxylic acids is 3. The maximum Gasteiger partial charge on any atom is 0.306 e. The summed E-state index contributed by atoms with van der Waals surface area (Å²) in [5.74, 6) is -1.00. The molecule has 0 fully saturated rings. The first-order valence-corrected chi connectivity index (χ1v) is 16.6. The van der Waals surface area contributed by atoms with Gasteiger partial charge in [0.05, 0.1) is 6.26 Å². The molecule has 0 saturated carbocycles. The van der Waals surface area contributed by atoms with E-state index in [1.807, 2.05) is 13.8 Å². The van der Waals surface area contributed by atoms with Gasteiger partial charge in [-0.2, -0.15) is 0 Å². The lowest BCUT2D eigenvalue weighted by atomic mass is 10.1. The number of carbonyl (C=O) groups is 3. The summed E-state index contributed by atoms with van der Waals surface area (Å²) in [5.41, 5.74) is 0. The minimum Gasteiger partial charge on any atom is -0.516 e. The normalized spacial score (nSPS) is 12.3. The fraction of sp³-hybridized carbons (Fsp3) is 0.743. The average molecular weight is 593 g/mol. The Labute approximate surface area is 256 Å². The van der Waals surface area contributed by atoms with E-state index in [9.17, 15) is 14.4 Å². The second-order valence-electron chi connectivity index (χ2n) is 10.9. The summed E-state index contributed by atoms with van der Waals surface area (Å²) in [4.78, 5) is 37.0. The quantitative estimate of drug-likeness (QED) is 0.0304. The first-order valence-electron chi connectivity index (χ1n) is 16.6. The van der Waals surface area contributed by atoms with E-state index in [4.69, 9.17) is 19.3 Å². The Bertz CT molecular complexity index is 700. The fourth-order valence-corrected chi connectivity index (χ4v) is 4.47. The monoisotopic (exact) mass is 592 g/mol. The highest BCUT2D eigenvalue weighted by Crippen LogP contribution is 2.12. The van der Waals surface area contributed by atoms with E-state index in [-0.39, 0.29) is 31.1 Å². The van der Waals surface area contributed by atoms with E-state index >= 15 is 0 Å². The number of hydrogen-bond donors (Lipinski definition) is 1. The van der Waals surface area contributed by atoms with Gasteiger partial charge in [-0.1, -0.05) is 88.2 Å². The summed E-state index contributed by atoms with van der Waals surface area (Å²) in [6.45, 7) is 3.85. The molecular weight excluding hydrogens is 532 g/mol. The smallest absolute Gasteiger partial charge is 0.306 e. The van der Waals surface area contributed by atoms with E-state index < -0.39 is 6.10 Å². The van der Waals surface area contributed by atoms with Crippen molar-refractivity contribution >= 4 is 17.9 Å². The fourth-order valence-electron chi connectivity index (χ4n) is 4.47. The van der Waals surface area contributed by atoms with E-state index in [2.05, 4.69) is 24.3 Å². The highest BCUT2D eigenvalue weighted by atomic mass is 16.6. The molecular formula is C35H60O7. The molecule has 0 radical (unpaired) electrons. The van der Waals surface area contributed by atoms with Crippen LogP contribution in [0, 0.1) is 0 Å². The molecule has 0 saturated heterocycles. The van der Waals surface area contributed by atoms with Crippen LogP contribution in [0.1, 0.15) is 149 Å². The van der Waals surface area contributed by atoms with Crippen LogP contribution < -0.4 is 0 Å². The lowest BCUT2D eigenvalue weighted by Crippen LogP contribution is -2.30. The zero-order valence-electron chi connectivity index (χ0n) is 26.7. The Hall–Kier alpha value is -2.57. The molecule has 0 aliphatic carbocycles. The maximum atomic E-state index is 12.5. The van der Waals surface area contributed by atoms with Crippen LogP contribution in [0.5, 0.6) is 0 Å². The minimum atomic E-state index is -0.794. The second-order valence-corrected chi connectivity index (χ2v) is 10.9. The molecule has 0 aromatic carbocycles. The number of unbranched alkanes of at least 4 members (excludes halogenated alkanes) is 15. The Morgan fingerprint density at radius 1 is 0.524 bits per heavy atom. The number of ether oxygens (including phenoxy) is 3.